The fraction of sp³-hybridized carbons (Fsp3) is 0.400. The number of benzene rings is 1. The second-order valence-electron chi connectivity index (χ2n) is 9.05. The summed E-state index contributed by atoms with van der Waals surface area (Å²) in [7, 11) is 1.54. The number of nitrogens with one attached hydrogen (secondary N) is 2. The lowest BCUT2D eigenvalue weighted by atomic mass is 9.90. The molecule has 2 heterocycles. The first-order valence-corrected chi connectivity index (χ1v) is 11.1. The second-order valence-corrected chi connectivity index (χ2v) is 9.05. The number of carbonyl (C=O) groups excluding carboxylic acids is 2. The smallest absolute Gasteiger partial charge is 0.261 e. The van der Waals surface area contributed by atoms with Crippen LogP contribution in [0.2, 0.25) is 0 Å². The number of aromatic nitrogens is 1. The Morgan fingerprint density at radius 3 is 2.78 bits per heavy atom. The van der Waals surface area contributed by atoms with Crippen molar-refractivity contribution in [1.82, 2.24) is 9.88 Å². The Hall–Kier alpha value is -3.35. The highest BCUT2D eigenvalue weighted by molar-refractivity contribution is 6.06. The largest absolute Gasteiger partial charge is 0.495 e. The molecule has 5 rings (SSSR count). The summed E-state index contributed by atoms with van der Waals surface area (Å²) in [6.45, 7) is 2.85. The third-order valence-corrected chi connectivity index (χ3v) is 7.02. The van der Waals surface area contributed by atoms with Crippen LogP contribution in [0.3, 0.4) is 0 Å². The van der Waals surface area contributed by atoms with E-state index < -0.39 is 11.5 Å². The summed E-state index contributed by atoms with van der Waals surface area (Å²) >= 11 is 0. The van der Waals surface area contributed by atoms with E-state index in [4.69, 9.17) is 4.74 Å². The first-order chi connectivity index (χ1) is 15.4. The van der Waals surface area contributed by atoms with E-state index in [1.165, 1.54) is 7.11 Å². The van der Waals surface area contributed by atoms with E-state index in [-0.39, 0.29) is 17.4 Å². The fourth-order valence-electron chi connectivity index (χ4n) is 5.40. The van der Waals surface area contributed by atoms with E-state index in [0.717, 1.165) is 29.5 Å². The molecule has 7 nitrogen and oxygen atoms in total. The average molecular weight is 434 g/mol. The standard InChI is InChI=1S/C25H27N3O4/c1-14-3-6-21(32-2)20(9-14)27-24(30)22-18-7-8-28(13-17(18)12-26-23(22)29)25(31)19-11-15-4-5-16(19)10-15/h3-6,9,12,15-16,19H,7-8,10-11,13H2,1-2H3,(H,26,29)(H,27,30)/t15-,16+,19-/m1/s1. The Kier molecular flexibility index (Phi) is 5.12. The van der Waals surface area contributed by atoms with Crippen LogP contribution in [0.25, 0.3) is 0 Å². The van der Waals surface area contributed by atoms with Gasteiger partial charge in [0.25, 0.3) is 11.5 Å². The maximum atomic E-state index is 13.2. The summed E-state index contributed by atoms with van der Waals surface area (Å²) in [6.07, 6.45) is 8.56. The zero-order chi connectivity index (χ0) is 22.4. The number of fused-ring (bicyclic) bond motifs is 3. The van der Waals surface area contributed by atoms with Crippen molar-refractivity contribution in [2.24, 2.45) is 17.8 Å². The lowest BCUT2D eigenvalue weighted by molar-refractivity contribution is -0.137. The summed E-state index contributed by atoms with van der Waals surface area (Å²) in [4.78, 5) is 43.5. The van der Waals surface area contributed by atoms with Gasteiger partial charge in [0.15, 0.2) is 0 Å². The molecule has 0 saturated heterocycles. The van der Waals surface area contributed by atoms with Crippen LogP contribution in [-0.4, -0.2) is 35.4 Å². The number of methoxy groups -OCH3 is 1. The molecule has 166 valence electrons. The highest BCUT2D eigenvalue weighted by atomic mass is 16.5. The molecule has 1 aromatic heterocycles. The van der Waals surface area contributed by atoms with Crippen LogP contribution >= 0.6 is 0 Å². The van der Waals surface area contributed by atoms with E-state index in [1.807, 2.05) is 24.0 Å². The van der Waals surface area contributed by atoms with Crippen molar-refractivity contribution >= 4 is 17.5 Å². The molecule has 0 radical (unpaired) electrons. The fourth-order valence-corrected chi connectivity index (χ4v) is 5.40. The molecule has 2 aromatic rings. The van der Waals surface area contributed by atoms with Crippen molar-refractivity contribution in [2.45, 2.75) is 32.7 Å². The minimum Gasteiger partial charge on any atom is -0.495 e. The maximum absolute atomic E-state index is 13.2. The maximum Gasteiger partial charge on any atom is 0.261 e. The Morgan fingerprint density at radius 2 is 2.06 bits per heavy atom. The van der Waals surface area contributed by atoms with Crippen LogP contribution in [0.5, 0.6) is 5.75 Å². The molecule has 0 unspecified atom stereocenters. The number of hydrogen-bond acceptors (Lipinski definition) is 4. The molecule has 7 heteroatoms. The number of carbonyl (C=O) groups is 2. The zero-order valence-electron chi connectivity index (χ0n) is 18.3. The van der Waals surface area contributed by atoms with Crippen molar-refractivity contribution < 1.29 is 14.3 Å². The number of pyridine rings is 1. The molecule has 2 N–H and O–H groups in total. The molecular weight excluding hydrogens is 406 g/mol. The molecule has 32 heavy (non-hydrogen) atoms. The van der Waals surface area contributed by atoms with E-state index in [1.54, 1.807) is 12.3 Å². The van der Waals surface area contributed by atoms with Gasteiger partial charge in [-0.3, -0.25) is 14.4 Å². The van der Waals surface area contributed by atoms with Crippen molar-refractivity contribution in [2.75, 3.05) is 19.0 Å². The molecular formula is C25H27N3O4. The normalized spacial score (nSPS) is 23.2. The van der Waals surface area contributed by atoms with Crippen LogP contribution in [0.4, 0.5) is 5.69 Å². The van der Waals surface area contributed by atoms with Gasteiger partial charge in [-0.25, -0.2) is 0 Å². The van der Waals surface area contributed by atoms with Crippen molar-refractivity contribution in [3.8, 4) is 5.75 Å². The SMILES string of the molecule is COc1ccc(C)cc1NC(=O)c1c2c(c[nH]c1=O)CN(C(=O)[C@@H]1C[C@@H]3C=C[C@H]1C3)CC2. The number of anilines is 1. The number of aryl methyl sites for hydroxylation is 1. The minimum absolute atomic E-state index is 0.0610. The van der Waals surface area contributed by atoms with Gasteiger partial charge in [0, 0.05) is 25.2 Å². The van der Waals surface area contributed by atoms with E-state index in [2.05, 4.69) is 22.5 Å². The number of hydrogen-bond donors (Lipinski definition) is 2. The summed E-state index contributed by atoms with van der Waals surface area (Å²) in [6, 6.07) is 5.48. The number of nitrogens with zero attached hydrogens (tertiary/aromatic N) is 1. The van der Waals surface area contributed by atoms with Gasteiger partial charge in [-0.05, 0) is 66.8 Å². The van der Waals surface area contributed by atoms with E-state index >= 15 is 0 Å². The Labute approximate surface area is 186 Å². The van der Waals surface area contributed by atoms with Gasteiger partial charge in [0.2, 0.25) is 5.91 Å². The molecule has 1 aliphatic heterocycles. The summed E-state index contributed by atoms with van der Waals surface area (Å²) in [5.41, 5.74) is 2.71. The van der Waals surface area contributed by atoms with Gasteiger partial charge in [0.1, 0.15) is 11.3 Å². The minimum atomic E-state index is -0.468. The van der Waals surface area contributed by atoms with Gasteiger partial charge in [-0.2, -0.15) is 0 Å². The topological polar surface area (TPSA) is 91.5 Å². The summed E-state index contributed by atoms with van der Waals surface area (Å²) < 4.78 is 5.34. The molecule has 3 aliphatic rings. The third kappa shape index (κ3) is 3.51. The number of amides is 2. The number of allylic oxidation sites excluding steroid dienone is 2. The van der Waals surface area contributed by atoms with E-state index in [9.17, 15) is 14.4 Å². The second kappa shape index (κ2) is 7.97. The number of H-pyrrole nitrogens is 1. The monoisotopic (exact) mass is 433 g/mol. The number of aromatic amines is 1. The van der Waals surface area contributed by atoms with Crippen molar-refractivity contribution in [3.05, 3.63) is 69.2 Å². The van der Waals surface area contributed by atoms with Crippen LogP contribution in [0.1, 0.15) is 39.9 Å². The molecule has 2 aliphatic carbocycles. The van der Waals surface area contributed by atoms with E-state index in [0.29, 0.717) is 42.8 Å². The first-order valence-electron chi connectivity index (χ1n) is 11.1. The van der Waals surface area contributed by atoms with Gasteiger partial charge in [-0.15, -0.1) is 0 Å². The molecule has 0 spiro atoms. The molecule has 3 atom stereocenters. The number of rotatable bonds is 4. The average Bonchev–Trinajstić information content (AvgIpc) is 3.42. The quantitative estimate of drug-likeness (QED) is 0.725. The highest BCUT2D eigenvalue weighted by Gasteiger charge is 2.42. The summed E-state index contributed by atoms with van der Waals surface area (Å²) in [5.74, 6) is 1.21. The molecule has 1 saturated carbocycles. The highest BCUT2D eigenvalue weighted by Crippen LogP contribution is 2.44. The van der Waals surface area contributed by atoms with Crippen LogP contribution < -0.4 is 15.6 Å². The molecule has 1 aromatic carbocycles. The van der Waals surface area contributed by atoms with Crippen LogP contribution in [0, 0.1) is 24.7 Å². The Balaban J connectivity index is 1.39. The lowest BCUT2D eigenvalue weighted by Gasteiger charge is -2.33. The lowest BCUT2D eigenvalue weighted by Crippen LogP contribution is -2.42. The predicted molar refractivity (Wildman–Crippen MR) is 121 cm³/mol. The Bertz CT molecular complexity index is 1180. The molecule has 1 fully saturated rings. The van der Waals surface area contributed by atoms with Crippen LogP contribution in [0.15, 0.2) is 41.3 Å². The van der Waals surface area contributed by atoms with Gasteiger partial charge in [-0.1, -0.05) is 18.2 Å². The van der Waals surface area contributed by atoms with Crippen LogP contribution in [-0.2, 0) is 17.8 Å². The first kappa shape index (κ1) is 20.5. The van der Waals surface area contributed by atoms with Gasteiger partial charge in [0.05, 0.1) is 12.8 Å². The van der Waals surface area contributed by atoms with Crippen molar-refractivity contribution in [3.63, 3.8) is 0 Å². The third-order valence-electron chi connectivity index (χ3n) is 7.02. The van der Waals surface area contributed by atoms with Gasteiger partial charge < -0.3 is 19.9 Å². The van der Waals surface area contributed by atoms with Gasteiger partial charge >= 0.3 is 0 Å². The Morgan fingerprint density at radius 1 is 1.22 bits per heavy atom. The number of ether oxygens (including phenoxy) is 1. The zero-order valence-corrected chi connectivity index (χ0v) is 18.3. The molecule has 2 amide bonds. The predicted octanol–water partition coefficient (Wildman–Crippen LogP) is 3.04. The molecule has 2 bridgehead atoms. The summed E-state index contributed by atoms with van der Waals surface area (Å²) in [5, 5.41) is 2.83. The van der Waals surface area contributed by atoms with Crippen molar-refractivity contribution in [1.29, 1.82) is 0 Å².